The summed E-state index contributed by atoms with van der Waals surface area (Å²) in [4.78, 5) is 44.9. The predicted molar refractivity (Wildman–Crippen MR) is 110 cm³/mol. The van der Waals surface area contributed by atoms with Crippen LogP contribution in [-0.4, -0.2) is 85.6 Å². The van der Waals surface area contributed by atoms with E-state index in [1.807, 2.05) is 0 Å². The maximum atomic E-state index is 12.7. The molecule has 1 aliphatic rings. The monoisotopic (exact) mass is 533 g/mol. The molecule has 178 valence electrons. The first-order chi connectivity index (χ1) is 14.9. The van der Waals surface area contributed by atoms with E-state index in [4.69, 9.17) is 16.2 Å². The summed E-state index contributed by atoms with van der Waals surface area (Å²) in [5.41, 5.74) is -0.499. The number of amides is 3. The zero-order chi connectivity index (χ0) is 24.2. The number of rotatable bonds is 10. The molecule has 1 saturated heterocycles. The highest BCUT2D eigenvalue weighted by molar-refractivity contribution is 7.84. The number of hydrogen-bond donors (Lipinski definition) is 4. The molecule has 4 atom stereocenters. The summed E-state index contributed by atoms with van der Waals surface area (Å²) in [6.45, 7) is 1.15. The zero-order valence-electron chi connectivity index (χ0n) is 16.1. The molecule has 3 amide bonds. The average molecular weight is 534 g/mol. The van der Waals surface area contributed by atoms with Crippen LogP contribution in [0.3, 0.4) is 0 Å². The van der Waals surface area contributed by atoms with Crippen LogP contribution in [0.15, 0.2) is 10.5 Å². The van der Waals surface area contributed by atoms with Crippen molar-refractivity contribution in [3.05, 3.63) is 11.1 Å². The van der Waals surface area contributed by atoms with Gasteiger partial charge in [0.1, 0.15) is 30.8 Å². The van der Waals surface area contributed by atoms with Crippen LogP contribution < -0.4 is 10.6 Å². The van der Waals surface area contributed by atoms with Gasteiger partial charge in [0.2, 0.25) is 5.91 Å². The second kappa shape index (κ2) is 10.6. The van der Waals surface area contributed by atoms with Gasteiger partial charge in [0.15, 0.2) is 10.8 Å². The number of carbonyl (C=O) groups is 3. The van der Waals surface area contributed by atoms with Gasteiger partial charge in [-0.15, -0.1) is 22.9 Å². The Morgan fingerprint density at radius 1 is 1.50 bits per heavy atom. The van der Waals surface area contributed by atoms with Crippen LogP contribution in [0.2, 0.25) is 0 Å². The van der Waals surface area contributed by atoms with Gasteiger partial charge in [0.25, 0.3) is 11.8 Å². The third-order valence-electron chi connectivity index (χ3n) is 3.86. The molecule has 0 bridgehead atoms. The fourth-order valence-electron chi connectivity index (χ4n) is 2.64. The Balaban J connectivity index is 2.26. The smallest absolute Gasteiger partial charge is 0.362 e. The maximum absolute atomic E-state index is 12.7. The van der Waals surface area contributed by atoms with Crippen molar-refractivity contribution in [1.82, 2.24) is 14.6 Å². The molecular weight excluding hydrogens is 518 g/mol. The Morgan fingerprint density at radius 3 is 2.69 bits per heavy atom. The van der Waals surface area contributed by atoms with Gasteiger partial charge >= 0.3 is 21.7 Å². The highest BCUT2D eigenvalue weighted by atomic mass is 35.5. The van der Waals surface area contributed by atoms with E-state index in [1.165, 1.54) is 5.38 Å². The largest absolute Gasteiger partial charge is 0.398 e. The summed E-state index contributed by atoms with van der Waals surface area (Å²) in [5.74, 6) is -3.15. The third kappa shape index (κ3) is 5.97. The molecule has 1 aliphatic heterocycles. The second-order valence-electron chi connectivity index (χ2n) is 5.91. The molecule has 19 heteroatoms. The molecule has 0 spiro atoms. The van der Waals surface area contributed by atoms with E-state index in [0.717, 1.165) is 25.4 Å². The molecule has 15 nitrogen and oxygen atoms in total. The molecule has 0 aliphatic carbocycles. The lowest BCUT2D eigenvalue weighted by atomic mass is 9.94. The van der Waals surface area contributed by atoms with Crippen molar-refractivity contribution in [1.29, 1.82) is 0 Å². The Bertz CT molecular complexity index is 1060. The van der Waals surface area contributed by atoms with Crippen molar-refractivity contribution in [2.75, 3.05) is 18.3 Å². The number of nitrogens with zero attached hydrogens (tertiary/aromatic N) is 3. The second-order valence-corrected chi connectivity index (χ2v) is 8.96. The number of nitrogens with one attached hydrogen (secondary N) is 2. The van der Waals surface area contributed by atoms with Gasteiger partial charge in [0.05, 0.1) is 6.10 Å². The van der Waals surface area contributed by atoms with Crippen molar-refractivity contribution in [2.45, 2.75) is 25.1 Å². The molecule has 0 radical (unpaired) electrons. The summed E-state index contributed by atoms with van der Waals surface area (Å²) in [6.07, 6.45) is -1.40. The number of β-lactam (4-membered cyclic amide) rings is 1. The van der Waals surface area contributed by atoms with Gasteiger partial charge in [-0.25, -0.2) is 9.29 Å². The van der Waals surface area contributed by atoms with E-state index >= 15 is 0 Å². The highest BCUT2D eigenvalue weighted by Gasteiger charge is 2.57. The molecular formula is C13H16ClN5O10S3. The molecule has 1 fully saturated rings. The van der Waals surface area contributed by atoms with Crippen molar-refractivity contribution in [3.63, 3.8) is 0 Å². The molecule has 2 heterocycles. The van der Waals surface area contributed by atoms with Crippen LogP contribution in [0.1, 0.15) is 12.6 Å². The molecule has 4 unspecified atom stereocenters. The van der Waals surface area contributed by atoms with E-state index in [0.29, 0.717) is 0 Å². The lowest BCUT2D eigenvalue weighted by Gasteiger charge is -2.46. The van der Waals surface area contributed by atoms with Gasteiger partial charge in [-0.05, 0) is 6.92 Å². The molecule has 32 heavy (non-hydrogen) atoms. The minimum atomic E-state index is -5.05. The first kappa shape index (κ1) is 26.0. The lowest BCUT2D eigenvalue weighted by Crippen LogP contribution is -2.75. The van der Waals surface area contributed by atoms with E-state index in [9.17, 15) is 31.6 Å². The number of anilines is 1. The van der Waals surface area contributed by atoms with Crippen LogP contribution in [0.4, 0.5) is 5.13 Å². The molecule has 0 aromatic carbocycles. The quantitative estimate of drug-likeness (QED) is 0.0693. The van der Waals surface area contributed by atoms with E-state index in [2.05, 4.69) is 29.8 Å². The van der Waals surface area contributed by atoms with Gasteiger partial charge in [0, 0.05) is 5.38 Å². The van der Waals surface area contributed by atoms with Crippen LogP contribution in [0, 0.1) is 0 Å². The maximum Gasteiger partial charge on any atom is 0.362 e. The Labute approximate surface area is 192 Å². The molecule has 0 saturated carbocycles. The number of oxime groups is 1. The molecule has 4 N–H and O–H groups in total. The van der Waals surface area contributed by atoms with Gasteiger partial charge in [-0.2, -0.15) is 12.6 Å². The predicted octanol–water partition coefficient (Wildman–Crippen LogP) is -1.29. The normalized spacial score (nSPS) is 20.8. The number of carbonyl (C=O) groups excluding carboxylic acids is 3. The number of alkyl halides is 1. The first-order valence-corrected chi connectivity index (χ1v) is 12.1. The van der Waals surface area contributed by atoms with E-state index < -0.39 is 63.3 Å². The summed E-state index contributed by atoms with van der Waals surface area (Å²) >= 11 is 3.49. The van der Waals surface area contributed by atoms with Crippen LogP contribution in [0.5, 0.6) is 0 Å². The average Bonchev–Trinajstić information content (AvgIpc) is 3.13. The summed E-state index contributed by atoms with van der Waals surface area (Å²) < 4.78 is 56.6. The van der Waals surface area contributed by atoms with Gasteiger partial charge in [-0.1, -0.05) is 5.16 Å². The van der Waals surface area contributed by atoms with Crippen molar-refractivity contribution in [3.8, 4) is 0 Å². The van der Waals surface area contributed by atoms with Crippen LogP contribution in [-0.2, 0) is 45.1 Å². The first-order valence-electron chi connectivity index (χ1n) is 8.23. The summed E-state index contributed by atoms with van der Waals surface area (Å²) in [6, 6.07) is -3.12. The van der Waals surface area contributed by atoms with Gasteiger partial charge < -0.3 is 15.5 Å². The number of thiazole rings is 1. The Morgan fingerprint density at radius 2 is 2.16 bits per heavy atom. The topological polar surface area (TPSA) is 214 Å². The zero-order valence-corrected chi connectivity index (χ0v) is 19.3. The van der Waals surface area contributed by atoms with Crippen molar-refractivity contribution >= 4 is 73.2 Å². The lowest BCUT2D eigenvalue weighted by molar-refractivity contribution is -0.148. The fourth-order valence-corrected chi connectivity index (χ4v) is 4.74. The van der Waals surface area contributed by atoms with E-state index in [-0.39, 0.29) is 21.0 Å². The molecule has 1 aromatic rings. The SMILES string of the molecule is CON=C(C(=O)NC1C(=O)N(S(=O)(=O)O)C1C(C)OS(=O)O)c1csc(NC(=O)CCl)n1. The van der Waals surface area contributed by atoms with Crippen LogP contribution in [0.25, 0.3) is 0 Å². The standard InChI is InChI=1S/C13H16ClN5O10S3/c1-5(29-31(23)24)10-9(12(22)19(10)32(25,26)27)17-11(21)8(18-28-2)6-4-30-13(15-6)16-7(20)3-14/h4-5,9-10H,3H2,1-2H3,(H,17,21)(H,23,24)(H,15,16,20)(H,25,26,27). The van der Waals surface area contributed by atoms with E-state index in [1.54, 1.807) is 0 Å². The Kier molecular flexibility index (Phi) is 8.62. The summed E-state index contributed by atoms with van der Waals surface area (Å²) in [7, 11) is -3.93. The van der Waals surface area contributed by atoms with Gasteiger partial charge in [-0.3, -0.25) is 27.7 Å². The fraction of sp³-hybridized carbons (Fsp3) is 0.462. The number of hydrogen-bond acceptors (Lipinski definition) is 11. The number of halogens is 1. The highest BCUT2D eigenvalue weighted by Crippen LogP contribution is 2.28. The van der Waals surface area contributed by atoms with Crippen molar-refractivity contribution < 1.29 is 45.1 Å². The van der Waals surface area contributed by atoms with Crippen molar-refractivity contribution in [2.24, 2.45) is 5.16 Å². The molecule has 2 rings (SSSR count). The minimum absolute atomic E-state index is 0.00520. The summed E-state index contributed by atoms with van der Waals surface area (Å²) in [5, 5.41) is 9.52. The Hall–Kier alpha value is -2.22. The number of aromatic nitrogens is 1. The van der Waals surface area contributed by atoms with Crippen LogP contribution >= 0.6 is 22.9 Å². The minimum Gasteiger partial charge on any atom is -0.398 e. The molecule has 1 aromatic heterocycles. The third-order valence-corrected chi connectivity index (χ3v) is 6.25.